The van der Waals surface area contributed by atoms with Crippen LogP contribution < -0.4 is 10.0 Å². The van der Waals surface area contributed by atoms with E-state index in [9.17, 15) is 8.42 Å². The van der Waals surface area contributed by atoms with Gasteiger partial charge in [0.1, 0.15) is 0 Å². The van der Waals surface area contributed by atoms with Gasteiger partial charge in [0, 0.05) is 13.1 Å². The average Bonchev–Trinajstić information content (AvgIpc) is 2.37. The van der Waals surface area contributed by atoms with E-state index in [-0.39, 0.29) is 0 Å². The molecular weight excluding hydrogens is 272 g/mol. The molecule has 1 saturated carbocycles. The highest BCUT2D eigenvalue weighted by atomic mass is 32.2. The van der Waals surface area contributed by atoms with E-state index in [1.165, 1.54) is 6.42 Å². The molecule has 1 aliphatic rings. The summed E-state index contributed by atoms with van der Waals surface area (Å²) < 4.78 is 27.5. The normalized spacial score (nSPS) is 16.1. The second kappa shape index (κ2) is 7.20. The van der Waals surface area contributed by atoms with Gasteiger partial charge in [0.05, 0.1) is 4.90 Å². The van der Waals surface area contributed by atoms with Crippen LogP contribution in [0.4, 0.5) is 0 Å². The Morgan fingerprint density at radius 2 is 2.00 bits per heavy atom. The maximum absolute atomic E-state index is 12.4. The van der Waals surface area contributed by atoms with Crippen molar-refractivity contribution in [1.29, 1.82) is 0 Å². The van der Waals surface area contributed by atoms with Crippen LogP contribution >= 0.6 is 0 Å². The van der Waals surface area contributed by atoms with E-state index in [0.29, 0.717) is 23.9 Å². The molecule has 0 saturated heterocycles. The SMILES string of the molecule is CCCNCc1ccccc1S(=O)(=O)NCC1CCC1. The Labute approximate surface area is 122 Å². The first kappa shape index (κ1) is 15.5. The quantitative estimate of drug-likeness (QED) is 0.724. The third-order valence-electron chi connectivity index (χ3n) is 3.79. The minimum atomic E-state index is -3.39. The van der Waals surface area contributed by atoms with Crippen molar-refractivity contribution in [2.24, 2.45) is 5.92 Å². The molecular formula is C15H24N2O2S. The molecule has 1 fully saturated rings. The predicted octanol–water partition coefficient (Wildman–Crippen LogP) is 2.26. The number of rotatable bonds is 8. The van der Waals surface area contributed by atoms with Gasteiger partial charge in [-0.25, -0.2) is 13.1 Å². The fraction of sp³-hybridized carbons (Fsp3) is 0.600. The van der Waals surface area contributed by atoms with E-state index in [1.807, 2.05) is 12.1 Å². The lowest BCUT2D eigenvalue weighted by Gasteiger charge is -2.25. The van der Waals surface area contributed by atoms with Crippen LogP contribution in [0.25, 0.3) is 0 Å². The van der Waals surface area contributed by atoms with Crippen molar-refractivity contribution >= 4 is 10.0 Å². The van der Waals surface area contributed by atoms with Crippen molar-refractivity contribution in [1.82, 2.24) is 10.0 Å². The minimum absolute atomic E-state index is 0.405. The fourth-order valence-corrected chi connectivity index (χ4v) is 3.67. The van der Waals surface area contributed by atoms with E-state index >= 15 is 0 Å². The lowest BCUT2D eigenvalue weighted by atomic mass is 9.86. The molecule has 0 bridgehead atoms. The lowest BCUT2D eigenvalue weighted by Crippen LogP contribution is -2.33. The van der Waals surface area contributed by atoms with Crippen LogP contribution in [-0.4, -0.2) is 21.5 Å². The molecule has 0 amide bonds. The first-order valence-corrected chi connectivity index (χ1v) is 8.90. The molecule has 0 heterocycles. The van der Waals surface area contributed by atoms with Crippen LogP contribution in [0.1, 0.15) is 38.2 Å². The average molecular weight is 296 g/mol. The van der Waals surface area contributed by atoms with Gasteiger partial charge in [-0.2, -0.15) is 0 Å². The zero-order chi connectivity index (χ0) is 14.4. The molecule has 0 aromatic heterocycles. The molecule has 0 atom stereocenters. The third kappa shape index (κ3) is 4.04. The van der Waals surface area contributed by atoms with Gasteiger partial charge >= 0.3 is 0 Å². The molecule has 1 aromatic carbocycles. The van der Waals surface area contributed by atoms with Crippen molar-refractivity contribution < 1.29 is 8.42 Å². The van der Waals surface area contributed by atoms with Crippen LogP contribution in [0.2, 0.25) is 0 Å². The summed E-state index contributed by atoms with van der Waals surface area (Å²) in [5.41, 5.74) is 0.835. The standard InChI is InChI=1S/C15H24N2O2S/c1-2-10-16-12-14-8-3-4-9-15(14)20(18,19)17-11-13-6-5-7-13/h3-4,8-9,13,16-17H,2,5-7,10-12H2,1H3. The first-order chi connectivity index (χ1) is 9.63. The molecule has 2 N–H and O–H groups in total. The zero-order valence-corrected chi connectivity index (χ0v) is 12.9. The summed E-state index contributed by atoms with van der Waals surface area (Å²) in [6.07, 6.45) is 4.54. The maximum atomic E-state index is 12.4. The Bertz CT molecular complexity index is 524. The number of sulfonamides is 1. The Morgan fingerprint density at radius 3 is 2.65 bits per heavy atom. The summed E-state index contributed by atoms with van der Waals surface area (Å²) in [7, 11) is -3.39. The number of hydrogen-bond acceptors (Lipinski definition) is 3. The lowest BCUT2D eigenvalue weighted by molar-refractivity contribution is 0.316. The highest BCUT2D eigenvalue weighted by Crippen LogP contribution is 2.26. The van der Waals surface area contributed by atoms with Crippen molar-refractivity contribution in [2.45, 2.75) is 44.0 Å². The van der Waals surface area contributed by atoms with E-state index in [4.69, 9.17) is 0 Å². The minimum Gasteiger partial charge on any atom is -0.313 e. The molecule has 0 radical (unpaired) electrons. The third-order valence-corrected chi connectivity index (χ3v) is 5.32. The Balaban J connectivity index is 2.04. The van der Waals surface area contributed by atoms with Gasteiger partial charge in [0.25, 0.3) is 0 Å². The second-order valence-electron chi connectivity index (χ2n) is 5.43. The van der Waals surface area contributed by atoms with E-state index in [1.54, 1.807) is 12.1 Å². The summed E-state index contributed by atoms with van der Waals surface area (Å²) in [5, 5.41) is 3.26. The molecule has 5 heteroatoms. The Kier molecular flexibility index (Phi) is 5.57. The summed E-state index contributed by atoms with van der Waals surface area (Å²) in [6.45, 7) is 4.15. The van der Waals surface area contributed by atoms with Crippen LogP contribution in [0.15, 0.2) is 29.2 Å². The molecule has 1 aromatic rings. The van der Waals surface area contributed by atoms with Crippen molar-refractivity contribution in [3.63, 3.8) is 0 Å². The largest absolute Gasteiger partial charge is 0.313 e. The summed E-state index contributed by atoms with van der Waals surface area (Å²) in [6, 6.07) is 7.22. The Hall–Kier alpha value is -0.910. The predicted molar refractivity (Wildman–Crippen MR) is 81.0 cm³/mol. The maximum Gasteiger partial charge on any atom is 0.240 e. The molecule has 0 spiro atoms. The van der Waals surface area contributed by atoms with Gasteiger partial charge in [-0.1, -0.05) is 31.5 Å². The second-order valence-corrected chi connectivity index (χ2v) is 7.17. The van der Waals surface area contributed by atoms with E-state index in [0.717, 1.165) is 31.4 Å². The topological polar surface area (TPSA) is 58.2 Å². The van der Waals surface area contributed by atoms with Crippen molar-refractivity contribution in [3.05, 3.63) is 29.8 Å². The van der Waals surface area contributed by atoms with Gasteiger partial charge in [-0.3, -0.25) is 0 Å². The summed E-state index contributed by atoms with van der Waals surface area (Å²) >= 11 is 0. The van der Waals surface area contributed by atoms with Crippen molar-refractivity contribution in [2.75, 3.05) is 13.1 Å². The van der Waals surface area contributed by atoms with Crippen molar-refractivity contribution in [3.8, 4) is 0 Å². The molecule has 1 aliphatic carbocycles. The highest BCUT2D eigenvalue weighted by Gasteiger charge is 2.22. The first-order valence-electron chi connectivity index (χ1n) is 7.41. The molecule has 20 heavy (non-hydrogen) atoms. The van der Waals surface area contributed by atoms with Gasteiger partial charge < -0.3 is 5.32 Å². The molecule has 112 valence electrons. The van der Waals surface area contributed by atoms with Crippen LogP contribution in [-0.2, 0) is 16.6 Å². The number of nitrogens with one attached hydrogen (secondary N) is 2. The number of hydrogen-bond donors (Lipinski definition) is 2. The zero-order valence-electron chi connectivity index (χ0n) is 12.1. The Morgan fingerprint density at radius 1 is 1.25 bits per heavy atom. The molecule has 4 nitrogen and oxygen atoms in total. The van der Waals surface area contributed by atoms with E-state index < -0.39 is 10.0 Å². The van der Waals surface area contributed by atoms with Crippen LogP contribution in [0.3, 0.4) is 0 Å². The van der Waals surface area contributed by atoms with Gasteiger partial charge in [-0.05, 0) is 43.4 Å². The van der Waals surface area contributed by atoms with Crippen LogP contribution in [0.5, 0.6) is 0 Å². The summed E-state index contributed by atoms with van der Waals surface area (Å²) in [5.74, 6) is 0.523. The van der Waals surface area contributed by atoms with Gasteiger partial charge in [-0.15, -0.1) is 0 Å². The highest BCUT2D eigenvalue weighted by molar-refractivity contribution is 7.89. The summed E-state index contributed by atoms with van der Waals surface area (Å²) in [4.78, 5) is 0.405. The molecule has 0 aliphatic heterocycles. The monoisotopic (exact) mass is 296 g/mol. The van der Waals surface area contributed by atoms with Gasteiger partial charge in [0.15, 0.2) is 0 Å². The number of benzene rings is 1. The fourth-order valence-electron chi connectivity index (χ4n) is 2.31. The smallest absolute Gasteiger partial charge is 0.240 e. The van der Waals surface area contributed by atoms with Gasteiger partial charge in [0.2, 0.25) is 10.0 Å². The molecule has 2 rings (SSSR count). The molecule has 0 unspecified atom stereocenters. The van der Waals surface area contributed by atoms with E-state index in [2.05, 4.69) is 17.0 Å². The van der Waals surface area contributed by atoms with Crippen LogP contribution in [0, 0.1) is 5.92 Å².